The van der Waals surface area contributed by atoms with Gasteiger partial charge in [0.15, 0.2) is 12.4 Å². The Morgan fingerprint density at radius 2 is 2.19 bits per heavy atom. The molecule has 0 aliphatic carbocycles. The molecule has 1 heterocycles. The molecular formula is C10H14NO4S+. The second kappa shape index (κ2) is 5.07. The van der Waals surface area contributed by atoms with Crippen molar-refractivity contribution in [1.29, 1.82) is 0 Å². The van der Waals surface area contributed by atoms with Crippen molar-refractivity contribution in [2.75, 3.05) is 12.0 Å². The molecule has 16 heavy (non-hydrogen) atoms. The van der Waals surface area contributed by atoms with Crippen LogP contribution in [-0.4, -0.2) is 31.5 Å². The molecule has 0 amide bonds. The maximum atomic E-state index is 10.9. The second-order valence-corrected chi connectivity index (χ2v) is 5.88. The third kappa shape index (κ3) is 4.39. The van der Waals surface area contributed by atoms with Gasteiger partial charge < -0.3 is 5.11 Å². The summed E-state index contributed by atoms with van der Waals surface area (Å²) < 4.78 is 23.5. The zero-order chi connectivity index (χ0) is 12.2. The maximum absolute atomic E-state index is 10.9. The number of carbonyl (C=O) groups is 1. The van der Waals surface area contributed by atoms with E-state index in [9.17, 15) is 13.2 Å². The van der Waals surface area contributed by atoms with Gasteiger partial charge >= 0.3 is 5.97 Å². The topological polar surface area (TPSA) is 75.3 Å². The molecule has 0 bridgehead atoms. The normalized spacial score (nSPS) is 11.3. The van der Waals surface area contributed by atoms with Crippen LogP contribution < -0.4 is 4.57 Å². The van der Waals surface area contributed by atoms with Crippen LogP contribution in [0.15, 0.2) is 24.5 Å². The van der Waals surface area contributed by atoms with E-state index in [0.717, 1.165) is 0 Å². The van der Waals surface area contributed by atoms with Crippen molar-refractivity contribution in [2.24, 2.45) is 0 Å². The van der Waals surface area contributed by atoms with E-state index in [0.29, 0.717) is 13.0 Å². The Balaban J connectivity index is 2.61. The van der Waals surface area contributed by atoms with Crippen molar-refractivity contribution in [1.82, 2.24) is 0 Å². The van der Waals surface area contributed by atoms with Gasteiger partial charge in [0.05, 0.1) is 5.75 Å². The molecule has 0 aliphatic heterocycles. The molecule has 1 aromatic rings. The van der Waals surface area contributed by atoms with E-state index >= 15 is 0 Å². The van der Waals surface area contributed by atoms with Gasteiger partial charge in [-0.1, -0.05) is 0 Å². The number of carboxylic acid groups (broad SMARTS) is 1. The van der Waals surface area contributed by atoms with E-state index in [2.05, 4.69) is 0 Å². The number of hydrogen-bond donors (Lipinski definition) is 1. The van der Waals surface area contributed by atoms with Gasteiger partial charge in [0, 0.05) is 18.7 Å². The van der Waals surface area contributed by atoms with E-state index in [1.165, 1.54) is 18.5 Å². The molecule has 88 valence electrons. The minimum absolute atomic E-state index is 0.108. The smallest absolute Gasteiger partial charge is 0.341 e. The summed E-state index contributed by atoms with van der Waals surface area (Å²) in [6.07, 6.45) is 4.87. The average molecular weight is 244 g/mol. The number of aromatic nitrogens is 1. The number of nitrogens with zero attached hydrogens (tertiary/aromatic N) is 1. The van der Waals surface area contributed by atoms with Crippen molar-refractivity contribution >= 4 is 15.8 Å². The summed E-state index contributed by atoms with van der Waals surface area (Å²) in [5.74, 6) is -0.880. The van der Waals surface area contributed by atoms with Crippen LogP contribution in [0.5, 0.6) is 0 Å². The van der Waals surface area contributed by atoms with Gasteiger partial charge in [-0.25, -0.2) is 17.8 Å². The van der Waals surface area contributed by atoms with E-state index in [1.807, 2.05) is 0 Å². The molecule has 0 atom stereocenters. The SMILES string of the molecule is CS(=O)(=O)CCC[n+]1cccc(C(=O)O)c1. The molecule has 0 saturated heterocycles. The molecule has 1 rings (SSSR count). The fourth-order valence-corrected chi connectivity index (χ4v) is 1.95. The fraction of sp³-hybridized carbons (Fsp3) is 0.400. The maximum Gasteiger partial charge on any atom is 0.341 e. The predicted molar refractivity (Wildman–Crippen MR) is 57.9 cm³/mol. The third-order valence-electron chi connectivity index (χ3n) is 2.04. The van der Waals surface area contributed by atoms with Gasteiger partial charge in [0.25, 0.3) is 0 Å². The fourth-order valence-electron chi connectivity index (χ4n) is 1.30. The van der Waals surface area contributed by atoms with Crippen LogP contribution in [0.3, 0.4) is 0 Å². The molecule has 0 aliphatic rings. The zero-order valence-electron chi connectivity index (χ0n) is 8.96. The van der Waals surface area contributed by atoms with Crippen molar-refractivity contribution < 1.29 is 22.9 Å². The predicted octanol–water partition coefficient (Wildman–Crippen LogP) is 0.107. The lowest BCUT2D eigenvalue weighted by molar-refractivity contribution is -0.697. The summed E-state index contributed by atoms with van der Waals surface area (Å²) in [4.78, 5) is 10.7. The molecule has 5 nitrogen and oxygen atoms in total. The van der Waals surface area contributed by atoms with Crippen LogP contribution in [0.25, 0.3) is 0 Å². The molecular weight excluding hydrogens is 230 g/mol. The number of rotatable bonds is 5. The molecule has 0 unspecified atom stereocenters. The summed E-state index contributed by atoms with van der Waals surface area (Å²) in [7, 11) is -2.95. The van der Waals surface area contributed by atoms with Crippen molar-refractivity contribution in [3.05, 3.63) is 30.1 Å². The number of aryl methyl sites for hydroxylation is 1. The summed E-state index contributed by atoms with van der Waals surface area (Å²) in [6, 6.07) is 3.12. The van der Waals surface area contributed by atoms with Gasteiger partial charge in [-0.15, -0.1) is 0 Å². The molecule has 0 saturated carbocycles. The van der Waals surface area contributed by atoms with Crippen molar-refractivity contribution in [3.8, 4) is 0 Å². The largest absolute Gasteiger partial charge is 0.477 e. The summed E-state index contributed by atoms with van der Waals surface area (Å²) in [5.41, 5.74) is 0.196. The van der Waals surface area contributed by atoms with Gasteiger partial charge in [0.1, 0.15) is 21.9 Å². The highest BCUT2D eigenvalue weighted by atomic mass is 32.2. The first-order chi connectivity index (χ1) is 7.38. The summed E-state index contributed by atoms with van der Waals surface area (Å²) in [5, 5.41) is 8.75. The van der Waals surface area contributed by atoms with Crippen molar-refractivity contribution in [3.63, 3.8) is 0 Å². The summed E-state index contributed by atoms with van der Waals surface area (Å²) >= 11 is 0. The number of hydrogen-bond acceptors (Lipinski definition) is 3. The van der Waals surface area contributed by atoms with E-state index in [-0.39, 0.29) is 11.3 Å². The quantitative estimate of drug-likeness (QED) is 0.746. The van der Waals surface area contributed by atoms with Crippen molar-refractivity contribution in [2.45, 2.75) is 13.0 Å². The van der Waals surface area contributed by atoms with E-state index in [1.54, 1.807) is 16.8 Å². The van der Waals surface area contributed by atoms with Crippen LogP contribution >= 0.6 is 0 Å². The highest BCUT2D eigenvalue weighted by Crippen LogP contribution is 1.95. The van der Waals surface area contributed by atoms with Gasteiger partial charge in [-0.3, -0.25) is 0 Å². The molecule has 1 N–H and O–H groups in total. The standard InChI is InChI=1S/C10H13NO4S/c1-16(14,15)7-3-6-11-5-2-4-9(8-11)10(12)13/h2,4-5,8H,3,6-7H2,1H3/p+1. The molecule has 0 fully saturated rings. The molecule has 0 radical (unpaired) electrons. The third-order valence-corrected chi connectivity index (χ3v) is 3.07. The van der Waals surface area contributed by atoms with Gasteiger partial charge in [-0.05, 0) is 6.07 Å². The van der Waals surface area contributed by atoms with Crippen LogP contribution in [0.4, 0.5) is 0 Å². The Morgan fingerprint density at radius 1 is 1.50 bits per heavy atom. The Bertz CT molecular complexity index is 481. The van der Waals surface area contributed by atoms with Crippen LogP contribution in [0, 0.1) is 0 Å². The lowest BCUT2D eigenvalue weighted by Crippen LogP contribution is -2.34. The number of carboxylic acids is 1. The first kappa shape index (κ1) is 12.6. The van der Waals surface area contributed by atoms with Gasteiger partial charge in [-0.2, -0.15) is 0 Å². The Labute approximate surface area is 94.3 Å². The Hall–Kier alpha value is -1.43. The van der Waals surface area contributed by atoms with E-state index < -0.39 is 15.8 Å². The molecule has 0 aromatic carbocycles. The van der Waals surface area contributed by atoms with Crippen LogP contribution in [-0.2, 0) is 16.4 Å². The molecule has 1 aromatic heterocycles. The minimum atomic E-state index is -2.95. The van der Waals surface area contributed by atoms with Crippen LogP contribution in [0.1, 0.15) is 16.8 Å². The second-order valence-electron chi connectivity index (χ2n) is 3.62. The highest BCUT2D eigenvalue weighted by molar-refractivity contribution is 7.90. The lowest BCUT2D eigenvalue weighted by atomic mass is 10.3. The lowest BCUT2D eigenvalue weighted by Gasteiger charge is -1.98. The Kier molecular flexibility index (Phi) is 4.00. The Morgan fingerprint density at radius 3 is 2.75 bits per heavy atom. The highest BCUT2D eigenvalue weighted by Gasteiger charge is 2.09. The molecule has 0 spiro atoms. The average Bonchev–Trinajstić information content (AvgIpc) is 2.16. The zero-order valence-corrected chi connectivity index (χ0v) is 9.77. The first-order valence-electron chi connectivity index (χ1n) is 4.78. The number of pyridine rings is 1. The number of sulfone groups is 1. The van der Waals surface area contributed by atoms with E-state index in [4.69, 9.17) is 5.11 Å². The number of aromatic carboxylic acids is 1. The van der Waals surface area contributed by atoms with Gasteiger partial charge in [0.2, 0.25) is 0 Å². The molecule has 6 heteroatoms. The minimum Gasteiger partial charge on any atom is -0.477 e. The van der Waals surface area contributed by atoms with Crippen LogP contribution in [0.2, 0.25) is 0 Å². The first-order valence-corrected chi connectivity index (χ1v) is 6.85. The monoisotopic (exact) mass is 244 g/mol. The summed E-state index contributed by atoms with van der Waals surface area (Å²) in [6.45, 7) is 0.494.